The lowest BCUT2D eigenvalue weighted by Crippen LogP contribution is -2.45. The molecular formula is C27H33N3O5S2. The highest BCUT2D eigenvalue weighted by atomic mass is 32.2. The first-order chi connectivity index (χ1) is 17.3. The van der Waals surface area contributed by atoms with Gasteiger partial charge < -0.3 is 15.0 Å². The summed E-state index contributed by atoms with van der Waals surface area (Å²) < 4.78 is 30.3. The van der Waals surface area contributed by atoms with Crippen LogP contribution in [0, 0.1) is 13.8 Å². The van der Waals surface area contributed by atoms with Gasteiger partial charge in [0.05, 0.1) is 17.5 Å². The quantitative estimate of drug-likeness (QED) is 0.607. The number of amides is 2. The Balaban J connectivity index is 1.69. The SMILES string of the molecule is Cc1cccc(C)c1N1C(=NC(=O)[C@@H](Cc2ccccc2)NC(=O)OC(C)(C)C)S[C@@H]2CS(=O)(=O)C[C@@H]21. The number of sulfone groups is 1. The van der Waals surface area contributed by atoms with Crippen molar-refractivity contribution in [1.29, 1.82) is 0 Å². The van der Waals surface area contributed by atoms with E-state index in [9.17, 15) is 18.0 Å². The Morgan fingerprint density at radius 2 is 1.73 bits per heavy atom. The zero-order chi connectivity index (χ0) is 27.0. The summed E-state index contributed by atoms with van der Waals surface area (Å²) in [6.07, 6.45) is -0.457. The molecule has 3 atom stereocenters. The Morgan fingerprint density at radius 1 is 1.08 bits per heavy atom. The molecule has 8 nitrogen and oxygen atoms in total. The van der Waals surface area contributed by atoms with Crippen LogP contribution in [-0.4, -0.2) is 60.0 Å². The van der Waals surface area contributed by atoms with Gasteiger partial charge in [-0.1, -0.05) is 60.3 Å². The molecule has 198 valence electrons. The van der Waals surface area contributed by atoms with Crippen LogP contribution in [0.1, 0.15) is 37.5 Å². The molecule has 10 heteroatoms. The number of nitrogens with zero attached hydrogens (tertiary/aromatic N) is 2. The number of aliphatic imine (C=N–C) groups is 1. The fourth-order valence-corrected chi connectivity index (χ4v) is 8.59. The first-order valence-corrected chi connectivity index (χ1v) is 14.9. The lowest BCUT2D eigenvalue weighted by atomic mass is 10.1. The van der Waals surface area contributed by atoms with Crippen molar-refractivity contribution in [2.75, 3.05) is 16.4 Å². The molecule has 2 amide bonds. The van der Waals surface area contributed by atoms with Gasteiger partial charge in [0.1, 0.15) is 11.6 Å². The maximum absolute atomic E-state index is 13.6. The van der Waals surface area contributed by atoms with Gasteiger partial charge in [0, 0.05) is 17.4 Å². The van der Waals surface area contributed by atoms with Gasteiger partial charge in [0.15, 0.2) is 15.0 Å². The smallest absolute Gasteiger partial charge is 0.408 e. The monoisotopic (exact) mass is 543 g/mol. The minimum atomic E-state index is -3.19. The summed E-state index contributed by atoms with van der Waals surface area (Å²) in [5, 5.41) is 2.93. The summed E-state index contributed by atoms with van der Waals surface area (Å²) in [4.78, 5) is 32.6. The van der Waals surface area contributed by atoms with Gasteiger partial charge >= 0.3 is 6.09 Å². The van der Waals surface area contributed by atoms with Crippen LogP contribution in [0.25, 0.3) is 0 Å². The van der Waals surface area contributed by atoms with E-state index in [1.54, 1.807) is 20.8 Å². The number of fused-ring (bicyclic) bond motifs is 1. The largest absolute Gasteiger partial charge is 0.444 e. The van der Waals surface area contributed by atoms with E-state index in [0.29, 0.717) is 5.17 Å². The molecule has 0 bridgehead atoms. The molecule has 2 aromatic rings. The summed E-state index contributed by atoms with van der Waals surface area (Å²) in [6.45, 7) is 9.19. The zero-order valence-electron chi connectivity index (χ0n) is 21.7. The van der Waals surface area contributed by atoms with Crippen molar-refractivity contribution < 1.29 is 22.7 Å². The van der Waals surface area contributed by atoms with E-state index in [1.165, 1.54) is 11.8 Å². The Labute approximate surface area is 222 Å². The molecular weight excluding hydrogens is 510 g/mol. The zero-order valence-corrected chi connectivity index (χ0v) is 23.4. The maximum atomic E-state index is 13.6. The van der Waals surface area contributed by atoms with Gasteiger partial charge in [0.2, 0.25) is 0 Å². The molecule has 1 N–H and O–H groups in total. The number of amidine groups is 1. The maximum Gasteiger partial charge on any atom is 0.408 e. The minimum Gasteiger partial charge on any atom is -0.444 e. The number of rotatable bonds is 5. The number of hydrogen-bond acceptors (Lipinski definition) is 6. The molecule has 0 aliphatic carbocycles. The highest BCUT2D eigenvalue weighted by Crippen LogP contribution is 2.43. The van der Waals surface area contributed by atoms with E-state index in [0.717, 1.165) is 22.4 Å². The number of anilines is 1. The third-order valence-electron chi connectivity index (χ3n) is 6.22. The molecule has 2 aromatic carbocycles. The highest BCUT2D eigenvalue weighted by Gasteiger charge is 2.50. The van der Waals surface area contributed by atoms with Crippen molar-refractivity contribution in [3.63, 3.8) is 0 Å². The first kappa shape index (κ1) is 27.2. The third-order valence-corrected chi connectivity index (χ3v) is 9.43. The number of benzene rings is 2. The topological polar surface area (TPSA) is 105 Å². The Hall–Kier alpha value is -2.85. The molecule has 4 rings (SSSR count). The van der Waals surface area contributed by atoms with Crippen molar-refractivity contribution >= 4 is 44.5 Å². The van der Waals surface area contributed by atoms with Gasteiger partial charge in [-0.3, -0.25) is 4.79 Å². The second-order valence-electron chi connectivity index (χ2n) is 10.5. The molecule has 0 aromatic heterocycles. The second-order valence-corrected chi connectivity index (χ2v) is 13.9. The molecule has 0 saturated carbocycles. The number of hydrogen-bond donors (Lipinski definition) is 1. The first-order valence-electron chi connectivity index (χ1n) is 12.2. The number of carbonyl (C=O) groups is 2. The lowest BCUT2D eigenvalue weighted by Gasteiger charge is -2.28. The minimum absolute atomic E-state index is 0.00918. The standard InChI is InChI=1S/C27H33N3O5S2/c1-17-10-9-11-18(2)23(17)30-21-15-37(33,34)16-22(21)36-25(30)29-24(31)20(14-19-12-7-6-8-13-19)28-26(32)35-27(3,4)5/h6-13,20-22H,14-16H2,1-5H3,(H,28,32)/t20-,21+,22-/m1/s1. The van der Waals surface area contributed by atoms with Crippen LogP contribution in [0.3, 0.4) is 0 Å². The molecule has 2 aliphatic heterocycles. The van der Waals surface area contributed by atoms with E-state index < -0.39 is 33.5 Å². The second kappa shape index (κ2) is 10.5. The van der Waals surface area contributed by atoms with Crippen LogP contribution >= 0.6 is 11.8 Å². The molecule has 2 aliphatic rings. The molecule has 2 fully saturated rings. The number of alkyl carbamates (subject to hydrolysis) is 1. The van der Waals surface area contributed by atoms with Crippen LogP contribution < -0.4 is 10.2 Å². The predicted molar refractivity (Wildman–Crippen MR) is 148 cm³/mol. The number of carbonyl (C=O) groups excluding carboxylic acids is 2. The van der Waals surface area contributed by atoms with E-state index in [2.05, 4.69) is 10.3 Å². The summed E-state index contributed by atoms with van der Waals surface area (Å²) >= 11 is 1.32. The highest BCUT2D eigenvalue weighted by molar-refractivity contribution is 8.16. The van der Waals surface area contributed by atoms with Crippen LogP contribution in [0.5, 0.6) is 0 Å². The van der Waals surface area contributed by atoms with Gasteiger partial charge in [-0.15, -0.1) is 0 Å². The number of para-hydroxylation sites is 1. The summed E-state index contributed by atoms with van der Waals surface area (Å²) in [6, 6.07) is 14.0. The van der Waals surface area contributed by atoms with Gasteiger partial charge in [0.25, 0.3) is 5.91 Å². The van der Waals surface area contributed by atoms with E-state index in [4.69, 9.17) is 4.74 Å². The normalized spacial score (nSPS) is 22.5. The van der Waals surface area contributed by atoms with Gasteiger partial charge in [-0.25, -0.2) is 13.2 Å². The summed E-state index contributed by atoms with van der Waals surface area (Å²) in [5.41, 5.74) is 2.95. The van der Waals surface area contributed by atoms with Crippen LogP contribution in [0.15, 0.2) is 53.5 Å². The van der Waals surface area contributed by atoms with Gasteiger partial charge in [-0.05, 0) is 51.3 Å². The van der Waals surface area contributed by atoms with Gasteiger partial charge in [-0.2, -0.15) is 4.99 Å². The number of ether oxygens (including phenoxy) is 1. The van der Waals surface area contributed by atoms with Crippen molar-refractivity contribution in [2.24, 2.45) is 4.99 Å². The average Bonchev–Trinajstić information content (AvgIpc) is 3.24. The molecule has 37 heavy (non-hydrogen) atoms. The Morgan fingerprint density at radius 3 is 2.35 bits per heavy atom. The van der Waals surface area contributed by atoms with Crippen LogP contribution in [-0.2, 0) is 25.8 Å². The van der Waals surface area contributed by atoms with Crippen LogP contribution in [0.2, 0.25) is 0 Å². The van der Waals surface area contributed by atoms with Crippen molar-refractivity contribution in [3.05, 3.63) is 65.2 Å². The number of aryl methyl sites for hydroxylation is 2. The lowest BCUT2D eigenvalue weighted by molar-refractivity contribution is -0.119. The molecule has 0 spiro atoms. The predicted octanol–water partition coefficient (Wildman–Crippen LogP) is 4.04. The molecule has 0 radical (unpaired) electrons. The van der Waals surface area contributed by atoms with E-state index >= 15 is 0 Å². The Bertz CT molecular complexity index is 1300. The average molecular weight is 544 g/mol. The Kier molecular flexibility index (Phi) is 7.71. The van der Waals surface area contributed by atoms with Crippen LogP contribution in [0.4, 0.5) is 10.5 Å². The molecule has 2 saturated heterocycles. The van der Waals surface area contributed by atoms with Crippen molar-refractivity contribution in [3.8, 4) is 0 Å². The van der Waals surface area contributed by atoms with Crippen molar-refractivity contribution in [1.82, 2.24) is 5.32 Å². The summed E-state index contributed by atoms with van der Waals surface area (Å²) in [7, 11) is -3.19. The fraction of sp³-hybridized carbons (Fsp3) is 0.444. The number of nitrogens with one attached hydrogen (secondary N) is 1. The van der Waals surface area contributed by atoms with Crippen molar-refractivity contribution in [2.45, 2.75) is 64.0 Å². The van der Waals surface area contributed by atoms with E-state index in [1.807, 2.05) is 67.3 Å². The number of thioether (sulfide) groups is 1. The van der Waals surface area contributed by atoms with E-state index in [-0.39, 0.29) is 29.2 Å². The third kappa shape index (κ3) is 6.54. The molecule has 2 heterocycles. The fourth-order valence-electron chi connectivity index (χ4n) is 4.68. The molecule has 0 unspecified atom stereocenters. The summed E-state index contributed by atoms with van der Waals surface area (Å²) in [5.74, 6) is -0.466.